The van der Waals surface area contributed by atoms with E-state index >= 15 is 0 Å². The van der Waals surface area contributed by atoms with E-state index in [1.165, 1.54) is 11.1 Å². The summed E-state index contributed by atoms with van der Waals surface area (Å²) < 4.78 is 5.84. The fraction of sp³-hybridized carbons (Fsp3) is 0.353. The summed E-state index contributed by atoms with van der Waals surface area (Å²) in [5.74, 6) is -0.112. The van der Waals surface area contributed by atoms with Crippen LogP contribution in [-0.2, 0) is 9.53 Å². The van der Waals surface area contributed by atoms with Gasteiger partial charge >= 0.3 is 5.97 Å². The third-order valence-corrected chi connectivity index (χ3v) is 6.37. The quantitative estimate of drug-likeness (QED) is 0.467. The topological polar surface area (TPSA) is 26.3 Å². The van der Waals surface area contributed by atoms with Crippen molar-refractivity contribution in [3.8, 4) is 0 Å². The van der Waals surface area contributed by atoms with E-state index in [1.807, 2.05) is 18.2 Å². The van der Waals surface area contributed by atoms with Crippen LogP contribution >= 0.6 is 0 Å². The van der Waals surface area contributed by atoms with Gasteiger partial charge in [-0.2, -0.15) is 0 Å². The molecule has 20 heavy (non-hydrogen) atoms. The summed E-state index contributed by atoms with van der Waals surface area (Å²) in [6.45, 7) is 10.8. The second-order valence-corrected chi connectivity index (χ2v) is 11.7. The van der Waals surface area contributed by atoms with Crippen molar-refractivity contribution >= 4 is 19.6 Å². The van der Waals surface area contributed by atoms with Crippen LogP contribution in [0.1, 0.15) is 19.4 Å². The number of rotatable bonds is 2. The molecule has 3 heteroatoms. The summed E-state index contributed by atoms with van der Waals surface area (Å²) in [6.07, 6.45) is 0. The molecule has 3 rings (SSSR count). The van der Waals surface area contributed by atoms with Crippen LogP contribution in [0.2, 0.25) is 19.6 Å². The zero-order valence-corrected chi connectivity index (χ0v) is 13.7. The maximum Gasteiger partial charge on any atom is 0.331 e. The molecular weight excluding hydrogens is 264 g/mol. The fourth-order valence-corrected chi connectivity index (χ4v) is 4.95. The van der Waals surface area contributed by atoms with Crippen molar-refractivity contribution in [3.63, 3.8) is 0 Å². The van der Waals surface area contributed by atoms with Crippen molar-refractivity contribution in [2.75, 3.05) is 0 Å². The second-order valence-electron chi connectivity index (χ2n) is 6.69. The molecule has 2 nitrogen and oxygen atoms in total. The Kier molecular flexibility index (Phi) is 2.64. The van der Waals surface area contributed by atoms with Crippen LogP contribution in [0.5, 0.6) is 0 Å². The summed E-state index contributed by atoms with van der Waals surface area (Å²) in [5.41, 5.74) is 4.09. The van der Waals surface area contributed by atoms with E-state index in [0.717, 1.165) is 16.3 Å². The van der Waals surface area contributed by atoms with E-state index in [1.54, 1.807) is 0 Å². The number of benzene rings is 1. The van der Waals surface area contributed by atoms with Crippen molar-refractivity contribution in [1.29, 1.82) is 0 Å². The van der Waals surface area contributed by atoms with E-state index < -0.39 is 13.7 Å². The highest BCUT2D eigenvalue weighted by atomic mass is 28.3. The molecule has 0 saturated heterocycles. The highest BCUT2D eigenvalue weighted by Gasteiger charge is 2.61. The molecule has 104 valence electrons. The van der Waals surface area contributed by atoms with Gasteiger partial charge in [0.25, 0.3) is 0 Å². The molecule has 0 unspecified atom stereocenters. The smallest absolute Gasteiger partial charge is 0.331 e. The number of carbonyl (C=O) groups excluding carboxylic acids is 1. The average Bonchev–Trinajstić information content (AvgIpc) is 2.76. The Balaban J connectivity index is 2.26. The molecule has 0 bridgehead atoms. The number of ether oxygens (including phenoxy) is 1. The molecule has 1 heterocycles. The molecule has 0 N–H and O–H groups in total. The monoisotopic (exact) mass is 284 g/mol. The Morgan fingerprint density at radius 1 is 1.00 bits per heavy atom. The molecule has 0 aromatic heterocycles. The van der Waals surface area contributed by atoms with E-state index in [4.69, 9.17) is 4.74 Å². The summed E-state index contributed by atoms with van der Waals surface area (Å²) in [4.78, 5) is 12.5. The number of carbonyl (C=O) groups is 1. The molecule has 1 aliphatic carbocycles. The summed E-state index contributed by atoms with van der Waals surface area (Å²) in [7, 11) is -1.76. The molecule has 0 fully saturated rings. The minimum atomic E-state index is -1.76. The summed E-state index contributed by atoms with van der Waals surface area (Å²) >= 11 is 0. The minimum absolute atomic E-state index is 0.112. The summed E-state index contributed by atoms with van der Waals surface area (Å²) in [6, 6.07) is 10.2. The predicted molar refractivity (Wildman–Crippen MR) is 83.9 cm³/mol. The standard InChI is InChI=1S/C17H20O2Si/c1-11-12(2)17(11)14(13-9-7-6-8-10-13)15(16(18)19-17)20(3,4)5/h6-10H,1-5H3. The maximum absolute atomic E-state index is 12.5. The fourth-order valence-electron chi connectivity index (χ4n) is 3.21. The lowest BCUT2D eigenvalue weighted by molar-refractivity contribution is -0.139. The van der Waals surface area contributed by atoms with E-state index in [-0.39, 0.29) is 5.97 Å². The molecule has 0 saturated carbocycles. The first-order valence-corrected chi connectivity index (χ1v) is 10.5. The lowest BCUT2D eigenvalue weighted by atomic mass is 9.95. The Bertz CT molecular complexity index is 648. The van der Waals surface area contributed by atoms with Gasteiger partial charge in [-0.05, 0) is 30.6 Å². The molecule has 1 spiro atoms. The van der Waals surface area contributed by atoms with E-state index in [0.29, 0.717) is 0 Å². The van der Waals surface area contributed by atoms with Crippen LogP contribution in [0.25, 0.3) is 5.57 Å². The molecule has 0 radical (unpaired) electrons. The molecule has 0 atom stereocenters. The van der Waals surface area contributed by atoms with Gasteiger partial charge in [-0.1, -0.05) is 50.0 Å². The van der Waals surface area contributed by atoms with Crippen molar-refractivity contribution in [1.82, 2.24) is 0 Å². The lowest BCUT2D eigenvalue weighted by Crippen LogP contribution is -2.28. The zero-order chi connectivity index (χ0) is 14.7. The van der Waals surface area contributed by atoms with Crippen LogP contribution in [0.3, 0.4) is 0 Å². The van der Waals surface area contributed by atoms with Gasteiger partial charge in [0, 0.05) is 10.8 Å². The van der Waals surface area contributed by atoms with Crippen LogP contribution in [0.4, 0.5) is 0 Å². The van der Waals surface area contributed by atoms with Crippen molar-refractivity contribution in [2.24, 2.45) is 0 Å². The number of hydrogen-bond donors (Lipinski definition) is 0. The van der Waals surface area contributed by atoms with Crippen LogP contribution < -0.4 is 0 Å². The van der Waals surface area contributed by atoms with E-state index in [2.05, 4.69) is 45.6 Å². The highest BCUT2D eigenvalue weighted by molar-refractivity contribution is 6.88. The summed E-state index contributed by atoms with van der Waals surface area (Å²) in [5, 5.41) is 0.944. The Hall–Kier alpha value is -1.61. The van der Waals surface area contributed by atoms with Crippen LogP contribution in [-0.4, -0.2) is 19.6 Å². The van der Waals surface area contributed by atoms with Crippen LogP contribution in [0.15, 0.2) is 46.7 Å². The number of hydrogen-bond acceptors (Lipinski definition) is 2. The predicted octanol–water partition coefficient (Wildman–Crippen LogP) is 3.96. The molecular formula is C17H20O2Si. The van der Waals surface area contributed by atoms with Crippen molar-refractivity contribution in [3.05, 3.63) is 52.2 Å². The first-order chi connectivity index (χ1) is 9.30. The van der Waals surface area contributed by atoms with Gasteiger partial charge in [-0.3, -0.25) is 0 Å². The third kappa shape index (κ3) is 1.59. The Morgan fingerprint density at radius 3 is 2.00 bits per heavy atom. The molecule has 0 amide bonds. The van der Waals surface area contributed by atoms with Crippen LogP contribution in [0, 0.1) is 0 Å². The normalized spacial score (nSPS) is 20.8. The first kappa shape index (κ1) is 13.4. The van der Waals surface area contributed by atoms with Gasteiger partial charge in [0.15, 0.2) is 5.60 Å². The van der Waals surface area contributed by atoms with Gasteiger partial charge < -0.3 is 4.74 Å². The average molecular weight is 284 g/mol. The molecule has 2 aliphatic rings. The third-order valence-electron chi connectivity index (χ3n) is 4.42. The van der Waals surface area contributed by atoms with E-state index in [9.17, 15) is 4.79 Å². The number of esters is 1. The molecule has 1 aromatic carbocycles. The second kappa shape index (κ2) is 3.95. The minimum Gasteiger partial charge on any atom is -0.442 e. The van der Waals surface area contributed by atoms with Gasteiger partial charge in [0.1, 0.15) is 0 Å². The van der Waals surface area contributed by atoms with Gasteiger partial charge in [-0.25, -0.2) is 4.79 Å². The highest BCUT2D eigenvalue weighted by Crippen LogP contribution is 2.60. The Morgan fingerprint density at radius 2 is 1.55 bits per heavy atom. The SMILES string of the molecule is CC1=C(C)C12OC(=O)C([Si](C)(C)C)=C2c1ccccc1. The Labute approximate surface area is 121 Å². The van der Waals surface area contributed by atoms with Gasteiger partial charge in [-0.15, -0.1) is 0 Å². The molecule has 1 aliphatic heterocycles. The largest absolute Gasteiger partial charge is 0.442 e. The zero-order valence-electron chi connectivity index (χ0n) is 12.7. The first-order valence-electron chi connectivity index (χ1n) is 7.02. The molecule has 1 aromatic rings. The van der Waals surface area contributed by atoms with Gasteiger partial charge in [0.2, 0.25) is 0 Å². The van der Waals surface area contributed by atoms with Crippen molar-refractivity contribution in [2.45, 2.75) is 39.1 Å². The lowest BCUT2D eigenvalue weighted by Gasteiger charge is -2.19. The van der Waals surface area contributed by atoms with Crippen molar-refractivity contribution < 1.29 is 9.53 Å². The van der Waals surface area contributed by atoms with Gasteiger partial charge in [0.05, 0.1) is 8.07 Å². The maximum atomic E-state index is 12.5.